The van der Waals surface area contributed by atoms with Crippen LogP contribution >= 0.6 is 12.4 Å². The van der Waals surface area contributed by atoms with E-state index < -0.39 is 6.55 Å². The van der Waals surface area contributed by atoms with Crippen LogP contribution < -0.4 is 5.32 Å². The minimum Gasteiger partial charge on any atom is -0.342 e. The number of amides is 1. The number of alkyl halides is 2. The Morgan fingerprint density at radius 2 is 1.96 bits per heavy atom. The normalized spacial score (nSPS) is 15.7. The summed E-state index contributed by atoms with van der Waals surface area (Å²) in [4.78, 5) is 14.3. The number of carbonyl (C=O) groups is 1. The largest absolute Gasteiger partial charge is 0.342 e. The number of aromatic nitrogens is 2. The molecule has 0 bridgehead atoms. The molecular weight excluding hydrogens is 338 g/mol. The highest BCUT2D eigenvalue weighted by Gasteiger charge is 2.25. The van der Waals surface area contributed by atoms with E-state index in [1.54, 1.807) is 13.8 Å². The van der Waals surface area contributed by atoms with Gasteiger partial charge in [0.05, 0.1) is 12.1 Å². The number of aryl methyl sites for hydroxylation is 1. The molecule has 5 nitrogen and oxygen atoms in total. The lowest BCUT2D eigenvalue weighted by molar-refractivity contribution is -0.131. The Hall–Kier alpha value is -1.21. The Morgan fingerprint density at radius 3 is 2.46 bits per heavy atom. The number of nitrogens with zero attached hydrogens (tertiary/aromatic N) is 3. The van der Waals surface area contributed by atoms with E-state index in [1.165, 1.54) is 0 Å². The molecule has 1 amide bonds. The zero-order valence-corrected chi connectivity index (χ0v) is 15.3. The fourth-order valence-corrected chi connectivity index (χ4v) is 3.23. The molecule has 2 rings (SSSR count). The Balaban J connectivity index is 0.00000288. The lowest BCUT2D eigenvalue weighted by Gasteiger charge is -2.32. The van der Waals surface area contributed by atoms with Crippen molar-refractivity contribution in [2.45, 2.75) is 46.1 Å². The van der Waals surface area contributed by atoms with Gasteiger partial charge in [-0.3, -0.25) is 4.79 Å². The summed E-state index contributed by atoms with van der Waals surface area (Å²) in [5.74, 6) is 0.675. The summed E-state index contributed by atoms with van der Waals surface area (Å²) in [6.45, 7) is 3.13. The van der Waals surface area contributed by atoms with Gasteiger partial charge in [0, 0.05) is 24.3 Å². The summed E-state index contributed by atoms with van der Waals surface area (Å²) in [7, 11) is 1.95. The maximum absolute atomic E-state index is 12.9. The number of hydrogen-bond acceptors (Lipinski definition) is 3. The van der Waals surface area contributed by atoms with E-state index in [2.05, 4.69) is 10.4 Å². The Kier molecular flexibility index (Phi) is 8.09. The highest BCUT2D eigenvalue weighted by atomic mass is 35.5. The standard InChI is InChI=1S/C16H26F2N4O.ClH/c1-11-14(12(2)22(20-11)16(17)18)10-15(23)21-8-5-13(6-9-21)4-7-19-3;/h13,16,19H,4-10H2,1-3H3;1H. The predicted octanol–water partition coefficient (Wildman–Crippen LogP) is 2.71. The molecule has 8 heteroatoms. The highest BCUT2D eigenvalue weighted by Crippen LogP contribution is 2.23. The third-order valence-corrected chi connectivity index (χ3v) is 4.76. The highest BCUT2D eigenvalue weighted by molar-refractivity contribution is 5.85. The summed E-state index contributed by atoms with van der Waals surface area (Å²) in [6, 6.07) is 0. The molecule has 1 N–H and O–H groups in total. The molecule has 24 heavy (non-hydrogen) atoms. The molecule has 1 aromatic heterocycles. The van der Waals surface area contributed by atoms with E-state index in [0.29, 0.717) is 27.6 Å². The van der Waals surface area contributed by atoms with Crippen molar-refractivity contribution in [3.05, 3.63) is 17.0 Å². The lowest BCUT2D eigenvalue weighted by atomic mass is 9.93. The van der Waals surface area contributed by atoms with Gasteiger partial charge in [-0.1, -0.05) is 0 Å². The summed E-state index contributed by atoms with van der Waals surface area (Å²) in [5.41, 5.74) is 1.53. The molecular formula is C16H27ClF2N4O. The molecule has 0 aromatic carbocycles. The van der Waals surface area contributed by atoms with Crippen LogP contribution in [0.1, 0.15) is 42.8 Å². The van der Waals surface area contributed by atoms with Crippen LogP contribution in [0.3, 0.4) is 0 Å². The topological polar surface area (TPSA) is 50.2 Å². The van der Waals surface area contributed by atoms with Crippen LogP contribution in [0.4, 0.5) is 8.78 Å². The van der Waals surface area contributed by atoms with Crippen molar-refractivity contribution in [2.75, 3.05) is 26.7 Å². The molecule has 0 unspecified atom stereocenters. The van der Waals surface area contributed by atoms with Gasteiger partial charge in [-0.25, -0.2) is 4.68 Å². The molecule has 0 radical (unpaired) electrons. The van der Waals surface area contributed by atoms with Crippen molar-refractivity contribution < 1.29 is 13.6 Å². The first kappa shape index (κ1) is 20.8. The first-order chi connectivity index (χ1) is 10.9. The molecule has 0 atom stereocenters. The zero-order chi connectivity index (χ0) is 17.0. The molecule has 0 aliphatic carbocycles. The average Bonchev–Trinajstić information content (AvgIpc) is 2.81. The number of rotatable bonds is 6. The van der Waals surface area contributed by atoms with E-state index in [4.69, 9.17) is 0 Å². The van der Waals surface area contributed by atoms with Gasteiger partial charge in [0.15, 0.2) is 0 Å². The van der Waals surface area contributed by atoms with Crippen LogP contribution in [-0.2, 0) is 11.2 Å². The van der Waals surface area contributed by atoms with Crippen molar-refractivity contribution in [2.24, 2.45) is 5.92 Å². The third kappa shape index (κ3) is 4.89. The summed E-state index contributed by atoms with van der Waals surface area (Å²) >= 11 is 0. The van der Waals surface area contributed by atoms with Gasteiger partial charge < -0.3 is 10.2 Å². The zero-order valence-electron chi connectivity index (χ0n) is 14.5. The second kappa shape index (κ2) is 9.32. The fraction of sp³-hybridized carbons (Fsp3) is 0.750. The van der Waals surface area contributed by atoms with Crippen molar-refractivity contribution in [1.82, 2.24) is 20.0 Å². The van der Waals surface area contributed by atoms with Crippen LogP contribution in [0.15, 0.2) is 0 Å². The van der Waals surface area contributed by atoms with E-state index >= 15 is 0 Å². The van der Waals surface area contributed by atoms with E-state index in [1.807, 2.05) is 11.9 Å². The number of nitrogens with one attached hydrogen (secondary N) is 1. The van der Waals surface area contributed by atoms with Crippen molar-refractivity contribution >= 4 is 18.3 Å². The van der Waals surface area contributed by atoms with Crippen molar-refractivity contribution in [3.63, 3.8) is 0 Å². The first-order valence-electron chi connectivity index (χ1n) is 8.19. The monoisotopic (exact) mass is 364 g/mol. The lowest BCUT2D eigenvalue weighted by Crippen LogP contribution is -2.39. The Morgan fingerprint density at radius 1 is 1.33 bits per heavy atom. The van der Waals surface area contributed by atoms with Crippen molar-refractivity contribution in [1.29, 1.82) is 0 Å². The molecule has 1 saturated heterocycles. The fourth-order valence-electron chi connectivity index (χ4n) is 3.23. The maximum Gasteiger partial charge on any atom is 0.333 e. The molecule has 2 heterocycles. The van der Waals surface area contributed by atoms with Gasteiger partial charge >= 0.3 is 6.55 Å². The molecule has 1 aliphatic rings. The third-order valence-electron chi connectivity index (χ3n) is 4.76. The quantitative estimate of drug-likeness (QED) is 0.844. The van der Waals surface area contributed by atoms with Gasteiger partial charge in [-0.2, -0.15) is 13.9 Å². The molecule has 138 valence electrons. The molecule has 1 aliphatic heterocycles. The summed E-state index contributed by atoms with van der Waals surface area (Å²) < 4.78 is 26.4. The number of hydrogen-bond donors (Lipinski definition) is 1. The SMILES string of the molecule is CNCCC1CCN(C(=O)Cc2c(C)nn(C(F)F)c2C)CC1.Cl. The van der Waals surface area contributed by atoms with E-state index in [9.17, 15) is 13.6 Å². The minimum atomic E-state index is -2.67. The molecule has 1 aromatic rings. The smallest absolute Gasteiger partial charge is 0.333 e. The Labute approximate surface area is 148 Å². The first-order valence-corrected chi connectivity index (χ1v) is 8.19. The second-order valence-electron chi connectivity index (χ2n) is 6.26. The van der Waals surface area contributed by atoms with Gasteiger partial charge in [-0.15, -0.1) is 12.4 Å². The maximum atomic E-state index is 12.9. The predicted molar refractivity (Wildman–Crippen MR) is 91.8 cm³/mol. The summed E-state index contributed by atoms with van der Waals surface area (Å²) in [6.07, 6.45) is 3.33. The Bertz CT molecular complexity index is 542. The van der Waals surface area contributed by atoms with Crippen LogP contribution in [0.5, 0.6) is 0 Å². The number of carbonyl (C=O) groups excluding carboxylic acids is 1. The van der Waals surface area contributed by atoms with Gasteiger partial charge in [0.2, 0.25) is 5.91 Å². The molecule has 1 fully saturated rings. The number of piperidine rings is 1. The number of halogens is 3. The number of likely N-dealkylation sites (tertiary alicyclic amines) is 1. The van der Waals surface area contributed by atoms with Crippen molar-refractivity contribution in [3.8, 4) is 0 Å². The van der Waals surface area contributed by atoms with E-state index in [0.717, 1.165) is 38.9 Å². The van der Waals surface area contributed by atoms with Gasteiger partial charge in [0.25, 0.3) is 0 Å². The average molecular weight is 365 g/mol. The van der Waals surface area contributed by atoms with Crippen LogP contribution in [-0.4, -0.2) is 47.3 Å². The van der Waals surface area contributed by atoms with Crippen LogP contribution in [0.2, 0.25) is 0 Å². The molecule has 0 saturated carbocycles. The van der Waals surface area contributed by atoms with E-state index in [-0.39, 0.29) is 24.7 Å². The van der Waals surface area contributed by atoms with Gasteiger partial charge in [0.1, 0.15) is 0 Å². The summed E-state index contributed by atoms with van der Waals surface area (Å²) in [5, 5.41) is 7.00. The van der Waals surface area contributed by atoms with Crippen LogP contribution in [0.25, 0.3) is 0 Å². The second-order valence-corrected chi connectivity index (χ2v) is 6.26. The molecule has 0 spiro atoms. The van der Waals surface area contributed by atoms with Crippen LogP contribution in [0, 0.1) is 19.8 Å². The van der Waals surface area contributed by atoms with Gasteiger partial charge in [-0.05, 0) is 52.6 Å². The minimum absolute atomic E-state index is 0.